The van der Waals surface area contributed by atoms with Crippen molar-refractivity contribution < 1.29 is 9.59 Å². The number of anilines is 1. The largest absolute Gasteiger partial charge is 0.352 e. The summed E-state index contributed by atoms with van der Waals surface area (Å²) in [6, 6.07) is 12.9. The van der Waals surface area contributed by atoms with Crippen LogP contribution in [0, 0.1) is 0 Å². The molecule has 0 aliphatic rings. The smallest absolute Gasteiger partial charge is 0.244 e. The second-order valence-electron chi connectivity index (χ2n) is 5.72. The van der Waals surface area contributed by atoms with Gasteiger partial charge in [-0.1, -0.05) is 18.2 Å². The average molecular weight is 349 g/mol. The third-order valence-corrected chi connectivity index (χ3v) is 3.69. The van der Waals surface area contributed by atoms with Gasteiger partial charge in [-0.05, 0) is 35.9 Å². The number of carbonyl (C=O) groups is 2. The van der Waals surface area contributed by atoms with E-state index >= 15 is 0 Å². The van der Waals surface area contributed by atoms with Crippen LogP contribution in [-0.2, 0) is 16.0 Å². The maximum Gasteiger partial charge on any atom is 0.244 e. The summed E-state index contributed by atoms with van der Waals surface area (Å²) in [7, 11) is 0. The van der Waals surface area contributed by atoms with Gasteiger partial charge < -0.3 is 10.6 Å². The molecule has 0 bridgehead atoms. The van der Waals surface area contributed by atoms with E-state index in [1.54, 1.807) is 18.2 Å². The van der Waals surface area contributed by atoms with Gasteiger partial charge in [0.15, 0.2) is 5.65 Å². The highest BCUT2D eigenvalue weighted by atomic mass is 16.2. The number of rotatable bonds is 6. The summed E-state index contributed by atoms with van der Waals surface area (Å²) in [5.41, 5.74) is 2.38. The van der Waals surface area contributed by atoms with Crippen LogP contribution in [0.5, 0.6) is 0 Å². The van der Waals surface area contributed by atoms with Gasteiger partial charge in [-0.2, -0.15) is 0 Å². The molecule has 0 spiro atoms. The van der Waals surface area contributed by atoms with Gasteiger partial charge in [-0.25, -0.2) is 0 Å². The van der Waals surface area contributed by atoms with Gasteiger partial charge in [0.05, 0.1) is 0 Å². The summed E-state index contributed by atoms with van der Waals surface area (Å²) < 4.78 is 1.90. The van der Waals surface area contributed by atoms with Crippen molar-refractivity contribution in [1.82, 2.24) is 19.9 Å². The van der Waals surface area contributed by atoms with Crippen LogP contribution >= 0.6 is 0 Å². The molecule has 132 valence electrons. The maximum atomic E-state index is 11.9. The number of benzene rings is 1. The van der Waals surface area contributed by atoms with E-state index in [1.807, 2.05) is 40.9 Å². The number of aromatic nitrogens is 3. The monoisotopic (exact) mass is 349 g/mol. The predicted octanol–water partition coefficient (Wildman–Crippen LogP) is 2.06. The Balaban J connectivity index is 1.49. The SMILES string of the molecule is CC(=O)Nc1ccc(/C=C/C(=O)NCCc2nnc3ccccn23)cc1. The molecular weight excluding hydrogens is 330 g/mol. The number of nitrogens with one attached hydrogen (secondary N) is 2. The van der Waals surface area contributed by atoms with Gasteiger partial charge in [-0.15, -0.1) is 10.2 Å². The molecular formula is C19H19N5O2. The third kappa shape index (κ3) is 4.54. The molecule has 0 radical (unpaired) electrons. The highest BCUT2D eigenvalue weighted by molar-refractivity contribution is 5.92. The van der Waals surface area contributed by atoms with Crippen molar-refractivity contribution in [2.24, 2.45) is 0 Å². The van der Waals surface area contributed by atoms with Crippen LogP contribution in [0.25, 0.3) is 11.7 Å². The molecule has 7 nitrogen and oxygen atoms in total. The van der Waals surface area contributed by atoms with E-state index in [4.69, 9.17) is 0 Å². The Morgan fingerprint density at radius 2 is 1.92 bits per heavy atom. The molecule has 1 aromatic carbocycles. The Morgan fingerprint density at radius 1 is 1.12 bits per heavy atom. The molecule has 2 amide bonds. The van der Waals surface area contributed by atoms with Crippen LogP contribution < -0.4 is 10.6 Å². The zero-order chi connectivity index (χ0) is 18.4. The normalized spacial score (nSPS) is 11.0. The van der Waals surface area contributed by atoms with Gasteiger partial charge in [0, 0.05) is 37.8 Å². The van der Waals surface area contributed by atoms with Crippen molar-refractivity contribution in [2.75, 3.05) is 11.9 Å². The minimum atomic E-state index is -0.176. The van der Waals surface area contributed by atoms with E-state index in [-0.39, 0.29) is 11.8 Å². The number of pyridine rings is 1. The number of nitrogens with zero attached hydrogens (tertiary/aromatic N) is 3. The summed E-state index contributed by atoms with van der Waals surface area (Å²) in [6.07, 6.45) is 5.70. The van der Waals surface area contributed by atoms with Crippen molar-refractivity contribution in [2.45, 2.75) is 13.3 Å². The number of hydrogen-bond acceptors (Lipinski definition) is 4. The Kier molecular flexibility index (Phi) is 5.38. The first kappa shape index (κ1) is 17.3. The van der Waals surface area contributed by atoms with Gasteiger partial charge >= 0.3 is 0 Å². The van der Waals surface area contributed by atoms with Crippen LogP contribution in [0.1, 0.15) is 18.3 Å². The van der Waals surface area contributed by atoms with Crippen molar-refractivity contribution in [3.63, 3.8) is 0 Å². The van der Waals surface area contributed by atoms with E-state index < -0.39 is 0 Å². The number of amides is 2. The fourth-order valence-electron chi connectivity index (χ4n) is 2.47. The van der Waals surface area contributed by atoms with Crippen LogP contribution in [0.2, 0.25) is 0 Å². The first-order valence-corrected chi connectivity index (χ1v) is 8.24. The van der Waals surface area contributed by atoms with Gasteiger partial charge in [0.1, 0.15) is 5.82 Å². The highest BCUT2D eigenvalue weighted by Crippen LogP contribution is 2.10. The maximum absolute atomic E-state index is 11.9. The first-order valence-electron chi connectivity index (χ1n) is 8.24. The third-order valence-electron chi connectivity index (χ3n) is 3.69. The van der Waals surface area contributed by atoms with Crippen molar-refractivity contribution in [3.8, 4) is 0 Å². The zero-order valence-corrected chi connectivity index (χ0v) is 14.3. The summed E-state index contributed by atoms with van der Waals surface area (Å²) >= 11 is 0. The molecule has 0 saturated heterocycles. The molecule has 0 unspecified atom stereocenters. The summed E-state index contributed by atoms with van der Waals surface area (Å²) in [5, 5.41) is 13.7. The van der Waals surface area contributed by atoms with E-state index in [0.717, 1.165) is 22.7 Å². The van der Waals surface area contributed by atoms with E-state index in [1.165, 1.54) is 13.0 Å². The van der Waals surface area contributed by atoms with Gasteiger partial charge in [0.2, 0.25) is 11.8 Å². The van der Waals surface area contributed by atoms with Crippen LogP contribution in [0.4, 0.5) is 5.69 Å². The molecule has 2 heterocycles. The Bertz CT molecular complexity index is 944. The first-order chi connectivity index (χ1) is 12.6. The minimum absolute atomic E-state index is 0.117. The molecule has 3 aromatic rings. The number of carbonyl (C=O) groups excluding carboxylic acids is 2. The van der Waals surface area contributed by atoms with Crippen LogP contribution in [-0.4, -0.2) is 33.0 Å². The fourth-order valence-corrected chi connectivity index (χ4v) is 2.47. The fraction of sp³-hybridized carbons (Fsp3) is 0.158. The van der Waals surface area contributed by atoms with Crippen LogP contribution in [0.3, 0.4) is 0 Å². The second kappa shape index (κ2) is 8.06. The lowest BCUT2D eigenvalue weighted by Gasteiger charge is -2.03. The van der Waals surface area contributed by atoms with Gasteiger partial charge in [0.25, 0.3) is 0 Å². The molecule has 0 atom stereocenters. The molecule has 0 saturated carbocycles. The summed E-state index contributed by atoms with van der Waals surface area (Å²) in [6.45, 7) is 1.93. The van der Waals surface area contributed by atoms with Crippen molar-refractivity contribution in [1.29, 1.82) is 0 Å². The molecule has 0 aliphatic heterocycles. The lowest BCUT2D eigenvalue weighted by Crippen LogP contribution is -2.24. The minimum Gasteiger partial charge on any atom is -0.352 e. The highest BCUT2D eigenvalue weighted by Gasteiger charge is 2.04. The molecule has 0 fully saturated rings. The molecule has 7 heteroatoms. The molecule has 26 heavy (non-hydrogen) atoms. The predicted molar refractivity (Wildman–Crippen MR) is 99.5 cm³/mol. The standard InChI is InChI=1S/C19H19N5O2/c1-14(25)21-16-8-5-15(6-9-16)7-10-19(26)20-12-11-18-23-22-17-4-2-3-13-24(17)18/h2-10,13H,11-12H2,1H3,(H,20,26)(H,21,25)/b10-7+. The molecule has 2 aromatic heterocycles. The number of hydrogen-bond donors (Lipinski definition) is 2. The van der Waals surface area contributed by atoms with E-state index in [2.05, 4.69) is 20.8 Å². The molecule has 0 aliphatic carbocycles. The van der Waals surface area contributed by atoms with E-state index in [9.17, 15) is 9.59 Å². The summed E-state index contributed by atoms with van der Waals surface area (Å²) in [5.74, 6) is 0.510. The lowest BCUT2D eigenvalue weighted by atomic mass is 10.2. The lowest BCUT2D eigenvalue weighted by molar-refractivity contribution is -0.116. The molecule has 3 rings (SSSR count). The summed E-state index contributed by atoms with van der Waals surface area (Å²) in [4.78, 5) is 22.9. The Labute approximate surface area is 150 Å². The van der Waals surface area contributed by atoms with Crippen molar-refractivity contribution >= 4 is 29.2 Å². The number of fused-ring (bicyclic) bond motifs is 1. The zero-order valence-electron chi connectivity index (χ0n) is 14.3. The average Bonchev–Trinajstić information content (AvgIpc) is 3.04. The van der Waals surface area contributed by atoms with E-state index in [0.29, 0.717) is 13.0 Å². The Hall–Kier alpha value is -3.48. The topological polar surface area (TPSA) is 88.4 Å². The Morgan fingerprint density at radius 3 is 2.69 bits per heavy atom. The molecule has 2 N–H and O–H groups in total. The van der Waals surface area contributed by atoms with Crippen molar-refractivity contribution in [3.05, 3.63) is 66.1 Å². The second-order valence-corrected chi connectivity index (χ2v) is 5.72. The van der Waals surface area contributed by atoms with Crippen LogP contribution in [0.15, 0.2) is 54.7 Å². The quantitative estimate of drug-likeness (QED) is 0.667. The van der Waals surface area contributed by atoms with Gasteiger partial charge in [-0.3, -0.25) is 14.0 Å².